The van der Waals surface area contributed by atoms with Crippen LogP contribution in [0, 0.1) is 5.82 Å². The monoisotopic (exact) mass is 250 g/mol. The van der Waals surface area contributed by atoms with Gasteiger partial charge in [-0.3, -0.25) is 9.48 Å². The molecule has 0 atom stereocenters. The number of halogens is 1. The molecule has 2 aromatic rings. The smallest absolute Gasteiger partial charge is 0.226 e. The summed E-state index contributed by atoms with van der Waals surface area (Å²) in [6, 6.07) is 3.66. The summed E-state index contributed by atoms with van der Waals surface area (Å²) in [5.74, 6) is -1.49. The highest BCUT2D eigenvalue weighted by Gasteiger charge is 2.06. The van der Waals surface area contributed by atoms with Crippen LogP contribution in [0.5, 0.6) is 5.75 Å². The van der Waals surface area contributed by atoms with E-state index in [1.54, 1.807) is 6.20 Å². The van der Waals surface area contributed by atoms with Gasteiger partial charge >= 0.3 is 0 Å². The first-order valence-corrected chi connectivity index (χ1v) is 5.27. The number of nitrogens with zero attached hydrogens (tertiary/aromatic N) is 3. The van der Waals surface area contributed by atoms with Crippen molar-refractivity contribution in [3.05, 3.63) is 36.4 Å². The first kappa shape index (κ1) is 12.0. The molecule has 94 valence electrons. The minimum atomic E-state index is -0.774. The van der Waals surface area contributed by atoms with Gasteiger partial charge in [0.05, 0.1) is 12.7 Å². The molecule has 0 saturated heterocycles. The number of rotatable bonds is 4. The molecule has 2 N–H and O–H groups in total. The van der Waals surface area contributed by atoms with Crippen LogP contribution in [0.15, 0.2) is 30.6 Å². The summed E-state index contributed by atoms with van der Waals surface area (Å²) in [7, 11) is 0. The van der Waals surface area contributed by atoms with Crippen LogP contribution in [-0.4, -0.2) is 26.0 Å². The third-order valence-corrected chi connectivity index (χ3v) is 2.27. The predicted molar refractivity (Wildman–Crippen MR) is 61.3 cm³/mol. The normalized spacial score (nSPS) is 10.3. The van der Waals surface area contributed by atoms with Crippen LogP contribution in [0.25, 0.3) is 0 Å². The van der Waals surface area contributed by atoms with Crippen LogP contribution in [0.2, 0.25) is 0 Å². The lowest BCUT2D eigenvalue weighted by Gasteiger charge is -2.05. The summed E-state index contributed by atoms with van der Waals surface area (Å²) in [4.78, 5) is 11.5. The number of benzene rings is 1. The Bertz CT molecular complexity index is 542. The maximum Gasteiger partial charge on any atom is 0.226 e. The molecule has 18 heavy (non-hydrogen) atoms. The van der Waals surface area contributed by atoms with Crippen molar-refractivity contribution < 1.29 is 14.3 Å². The summed E-state index contributed by atoms with van der Waals surface area (Å²) in [5, 5.41) is 18.8. The zero-order chi connectivity index (χ0) is 13.0. The number of hydrogen-bond acceptors (Lipinski definition) is 4. The van der Waals surface area contributed by atoms with E-state index >= 15 is 0 Å². The van der Waals surface area contributed by atoms with Crippen LogP contribution < -0.4 is 5.32 Å². The Hall–Kier alpha value is -2.44. The SMILES string of the molecule is O=C(CCn1ccnn1)Nc1ccc(O)c(F)c1. The van der Waals surface area contributed by atoms with Crippen LogP contribution in [-0.2, 0) is 11.3 Å². The molecule has 1 heterocycles. The summed E-state index contributed by atoms with van der Waals surface area (Å²) in [5.41, 5.74) is 0.300. The number of aromatic hydroxyl groups is 1. The fourth-order valence-corrected chi connectivity index (χ4v) is 1.38. The molecule has 0 radical (unpaired) electrons. The third kappa shape index (κ3) is 3.03. The molecular formula is C11H11FN4O2. The van der Waals surface area contributed by atoms with E-state index in [9.17, 15) is 9.18 Å². The first-order valence-electron chi connectivity index (χ1n) is 5.27. The van der Waals surface area contributed by atoms with Gasteiger partial charge in [-0.25, -0.2) is 4.39 Å². The topological polar surface area (TPSA) is 80.0 Å². The lowest BCUT2D eigenvalue weighted by atomic mass is 10.2. The predicted octanol–water partition coefficient (Wildman–Crippen LogP) is 1.15. The van der Waals surface area contributed by atoms with Gasteiger partial charge in [-0.05, 0) is 12.1 Å². The van der Waals surface area contributed by atoms with E-state index < -0.39 is 11.6 Å². The van der Waals surface area contributed by atoms with Gasteiger partial charge in [0.2, 0.25) is 5.91 Å². The lowest BCUT2D eigenvalue weighted by molar-refractivity contribution is -0.116. The Balaban J connectivity index is 1.88. The van der Waals surface area contributed by atoms with Crippen molar-refractivity contribution in [3.63, 3.8) is 0 Å². The summed E-state index contributed by atoms with van der Waals surface area (Å²) >= 11 is 0. The highest BCUT2D eigenvalue weighted by atomic mass is 19.1. The van der Waals surface area contributed by atoms with Crippen molar-refractivity contribution in [2.24, 2.45) is 0 Å². The van der Waals surface area contributed by atoms with Crippen molar-refractivity contribution in [3.8, 4) is 5.75 Å². The maximum absolute atomic E-state index is 13.0. The summed E-state index contributed by atoms with van der Waals surface area (Å²) < 4.78 is 14.5. The minimum absolute atomic E-state index is 0.200. The quantitative estimate of drug-likeness (QED) is 0.798. The molecule has 0 saturated carbocycles. The Morgan fingerprint density at radius 2 is 2.33 bits per heavy atom. The molecule has 6 nitrogen and oxygen atoms in total. The summed E-state index contributed by atoms with van der Waals surface area (Å²) in [6.45, 7) is 0.395. The number of aromatic nitrogens is 3. The molecule has 0 aliphatic carbocycles. The number of hydrogen-bond donors (Lipinski definition) is 2. The number of carbonyl (C=O) groups excluding carboxylic acids is 1. The van der Waals surface area contributed by atoms with Gasteiger partial charge in [0, 0.05) is 24.4 Å². The molecule has 1 aromatic carbocycles. The zero-order valence-electron chi connectivity index (χ0n) is 9.38. The summed E-state index contributed by atoms with van der Waals surface area (Å²) in [6.07, 6.45) is 3.37. The fourth-order valence-electron chi connectivity index (χ4n) is 1.38. The van der Waals surface area contributed by atoms with Gasteiger partial charge < -0.3 is 10.4 Å². The highest BCUT2D eigenvalue weighted by molar-refractivity contribution is 5.90. The van der Waals surface area contributed by atoms with Gasteiger partial charge in [0.1, 0.15) is 0 Å². The molecular weight excluding hydrogens is 239 g/mol. The number of anilines is 1. The van der Waals surface area contributed by atoms with E-state index in [0.717, 1.165) is 6.07 Å². The molecule has 1 aromatic heterocycles. The average molecular weight is 250 g/mol. The maximum atomic E-state index is 13.0. The number of nitrogens with one attached hydrogen (secondary N) is 1. The zero-order valence-corrected chi connectivity index (χ0v) is 9.38. The second kappa shape index (κ2) is 5.26. The Kier molecular flexibility index (Phi) is 3.52. The molecule has 0 aliphatic rings. The number of phenolic OH excluding ortho intramolecular Hbond substituents is 1. The van der Waals surface area contributed by atoms with Crippen molar-refractivity contribution in [1.82, 2.24) is 15.0 Å². The van der Waals surface area contributed by atoms with Crippen molar-refractivity contribution in [2.45, 2.75) is 13.0 Å². The molecule has 0 aliphatic heterocycles. The molecule has 0 fully saturated rings. The first-order chi connectivity index (χ1) is 8.65. The molecule has 7 heteroatoms. The second-order valence-electron chi connectivity index (χ2n) is 3.63. The second-order valence-corrected chi connectivity index (χ2v) is 3.63. The molecule has 2 rings (SSSR count). The van der Waals surface area contributed by atoms with E-state index in [1.165, 1.54) is 23.0 Å². The van der Waals surface area contributed by atoms with E-state index in [2.05, 4.69) is 15.6 Å². The van der Waals surface area contributed by atoms with E-state index in [-0.39, 0.29) is 12.3 Å². The Morgan fingerprint density at radius 1 is 1.50 bits per heavy atom. The number of amides is 1. The van der Waals surface area contributed by atoms with Gasteiger partial charge in [-0.1, -0.05) is 5.21 Å². The highest BCUT2D eigenvalue weighted by Crippen LogP contribution is 2.19. The third-order valence-electron chi connectivity index (χ3n) is 2.27. The Labute approximate surface area is 102 Å². The van der Waals surface area contributed by atoms with Crippen molar-refractivity contribution in [1.29, 1.82) is 0 Å². The van der Waals surface area contributed by atoms with E-state index in [0.29, 0.717) is 12.2 Å². The van der Waals surface area contributed by atoms with Crippen molar-refractivity contribution >= 4 is 11.6 Å². The van der Waals surface area contributed by atoms with Gasteiger partial charge in [-0.15, -0.1) is 5.10 Å². The largest absolute Gasteiger partial charge is 0.505 e. The fraction of sp³-hybridized carbons (Fsp3) is 0.182. The van der Waals surface area contributed by atoms with Crippen molar-refractivity contribution in [2.75, 3.05) is 5.32 Å². The van der Waals surface area contributed by atoms with Crippen LogP contribution in [0.3, 0.4) is 0 Å². The molecule has 1 amide bonds. The van der Waals surface area contributed by atoms with Gasteiger partial charge in [0.25, 0.3) is 0 Å². The number of phenols is 1. The van der Waals surface area contributed by atoms with Gasteiger partial charge in [0.15, 0.2) is 11.6 Å². The van der Waals surface area contributed by atoms with Crippen LogP contribution >= 0.6 is 0 Å². The molecule has 0 spiro atoms. The standard InChI is InChI=1S/C11H11FN4O2/c12-9-7-8(1-2-10(9)17)14-11(18)3-5-16-6-4-13-15-16/h1-2,4,6-7,17H,3,5H2,(H,14,18). The number of carbonyl (C=O) groups is 1. The minimum Gasteiger partial charge on any atom is -0.505 e. The van der Waals surface area contributed by atoms with Gasteiger partial charge in [-0.2, -0.15) is 0 Å². The van der Waals surface area contributed by atoms with E-state index in [4.69, 9.17) is 5.11 Å². The Morgan fingerprint density at radius 3 is 3.00 bits per heavy atom. The molecule has 0 bridgehead atoms. The molecule has 0 unspecified atom stereocenters. The van der Waals surface area contributed by atoms with Crippen LogP contribution in [0.1, 0.15) is 6.42 Å². The average Bonchev–Trinajstić information content (AvgIpc) is 2.84. The van der Waals surface area contributed by atoms with E-state index in [1.807, 2.05) is 0 Å². The van der Waals surface area contributed by atoms with Crippen LogP contribution in [0.4, 0.5) is 10.1 Å². The lowest BCUT2D eigenvalue weighted by Crippen LogP contribution is -2.14. The number of aryl methyl sites for hydroxylation is 1.